The van der Waals surface area contributed by atoms with Crippen molar-refractivity contribution in [1.82, 2.24) is 0 Å². The lowest BCUT2D eigenvalue weighted by atomic mass is 9.99. The number of aliphatic hydroxyl groups excluding tert-OH is 1. The van der Waals surface area contributed by atoms with E-state index in [1.807, 2.05) is 32.9 Å². The first-order valence-electron chi connectivity index (χ1n) is 8.79. The number of ether oxygens (including phenoxy) is 2. The smallest absolute Gasteiger partial charge is 0.188 e. The lowest BCUT2D eigenvalue weighted by molar-refractivity contribution is 0.0508. The van der Waals surface area contributed by atoms with Crippen molar-refractivity contribution in [1.29, 1.82) is 0 Å². The Balaban J connectivity index is 0.000000527. The topological polar surface area (TPSA) is 58.9 Å². The van der Waals surface area contributed by atoms with Gasteiger partial charge in [-0.2, -0.15) is 0 Å². The predicted molar refractivity (Wildman–Crippen MR) is 139 cm³/mol. The number of halogens is 2. The minimum atomic E-state index is -0.00398. The van der Waals surface area contributed by atoms with E-state index in [1.165, 1.54) is 9.13 Å². The molecule has 29 heavy (non-hydrogen) atoms. The van der Waals surface area contributed by atoms with Crippen molar-refractivity contribution in [3.8, 4) is 11.5 Å². The summed E-state index contributed by atoms with van der Waals surface area (Å²) in [6.07, 6.45) is 0. The molecule has 0 heterocycles. The van der Waals surface area contributed by atoms with Crippen LogP contribution in [0.5, 0.6) is 11.5 Å². The van der Waals surface area contributed by atoms with Crippen LogP contribution in [-0.2, 0) is 4.74 Å². The molecule has 2 aromatic carbocycles. The van der Waals surface area contributed by atoms with Gasteiger partial charge in [-0.05, 0) is 106 Å². The fraction of sp³-hybridized carbons (Fsp3) is 0.391. The first-order valence-corrected chi connectivity index (χ1v) is 11.0. The largest absolute Gasteiger partial charge is 0.508 e. The zero-order valence-corrected chi connectivity index (χ0v) is 21.3. The van der Waals surface area contributed by atoms with E-state index in [1.54, 1.807) is 13.2 Å². The van der Waals surface area contributed by atoms with Crippen molar-refractivity contribution in [2.45, 2.75) is 41.0 Å². The Morgan fingerprint density at radius 3 is 2.17 bits per heavy atom. The van der Waals surface area contributed by atoms with Gasteiger partial charge in [-0.25, -0.2) is 0 Å². The van der Waals surface area contributed by atoms with E-state index in [4.69, 9.17) is 14.6 Å². The quantitative estimate of drug-likeness (QED) is 0.279. The number of aliphatic hydroxyl groups is 1. The van der Waals surface area contributed by atoms with Gasteiger partial charge in [0.25, 0.3) is 0 Å². The van der Waals surface area contributed by atoms with Crippen molar-refractivity contribution in [3.05, 3.63) is 60.2 Å². The Kier molecular flexibility index (Phi) is 13.1. The number of methoxy groups -OCH3 is 1. The van der Waals surface area contributed by atoms with Crippen LogP contribution in [0.2, 0.25) is 0 Å². The lowest BCUT2D eigenvalue weighted by Gasteiger charge is -2.12. The number of hydrogen-bond acceptors (Lipinski definition) is 4. The van der Waals surface area contributed by atoms with Crippen LogP contribution >= 0.6 is 45.2 Å². The molecule has 4 nitrogen and oxygen atoms in total. The van der Waals surface area contributed by atoms with Gasteiger partial charge in [0.15, 0.2) is 6.79 Å². The SMILES string of the molecule is C.C=C(C)c1cc(C)c(I)cc1OCOC.Cc1cc(C(C)CO)c(O)cc1I. The van der Waals surface area contributed by atoms with E-state index in [0.717, 1.165) is 31.6 Å². The summed E-state index contributed by atoms with van der Waals surface area (Å²) in [4.78, 5) is 0. The van der Waals surface area contributed by atoms with Crippen LogP contribution in [0.25, 0.3) is 5.57 Å². The summed E-state index contributed by atoms with van der Waals surface area (Å²) in [7, 11) is 1.61. The van der Waals surface area contributed by atoms with Crippen molar-refractivity contribution < 1.29 is 19.7 Å². The number of allylic oxidation sites excluding steroid dienone is 1. The molecule has 0 fully saturated rings. The second-order valence-electron chi connectivity index (χ2n) is 6.67. The third kappa shape index (κ3) is 8.43. The van der Waals surface area contributed by atoms with Crippen LogP contribution in [0.3, 0.4) is 0 Å². The molecule has 0 amide bonds. The average Bonchev–Trinajstić information content (AvgIpc) is 2.65. The molecule has 0 aliphatic rings. The van der Waals surface area contributed by atoms with E-state index >= 15 is 0 Å². The highest BCUT2D eigenvalue weighted by molar-refractivity contribution is 14.1. The van der Waals surface area contributed by atoms with E-state index in [9.17, 15) is 5.11 Å². The summed E-state index contributed by atoms with van der Waals surface area (Å²) in [5.74, 6) is 1.10. The summed E-state index contributed by atoms with van der Waals surface area (Å²) < 4.78 is 12.6. The highest BCUT2D eigenvalue weighted by Gasteiger charge is 2.11. The number of phenolic OH excluding ortho intramolecular Hbond substituents is 1. The van der Waals surface area contributed by atoms with Crippen molar-refractivity contribution >= 4 is 50.8 Å². The molecule has 0 saturated carbocycles. The highest BCUT2D eigenvalue weighted by atomic mass is 127. The fourth-order valence-electron chi connectivity index (χ4n) is 2.43. The molecule has 0 saturated heterocycles. The number of hydrogen-bond donors (Lipinski definition) is 2. The summed E-state index contributed by atoms with van der Waals surface area (Å²) in [5.41, 5.74) is 5.23. The minimum Gasteiger partial charge on any atom is -0.508 e. The Morgan fingerprint density at radius 1 is 1.10 bits per heavy atom. The minimum absolute atomic E-state index is 0. The van der Waals surface area contributed by atoms with E-state index in [2.05, 4.69) is 64.8 Å². The number of aromatic hydroxyl groups is 1. The number of rotatable bonds is 6. The summed E-state index contributed by atoms with van der Waals surface area (Å²) in [6, 6.07) is 7.77. The van der Waals surface area contributed by atoms with Gasteiger partial charge in [-0.3, -0.25) is 0 Å². The third-order valence-electron chi connectivity index (χ3n) is 4.17. The molecule has 0 aliphatic carbocycles. The molecule has 2 aromatic rings. The van der Waals surface area contributed by atoms with Gasteiger partial charge >= 0.3 is 0 Å². The van der Waals surface area contributed by atoms with Crippen molar-refractivity contribution in [2.24, 2.45) is 0 Å². The van der Waals surface area contributed by atoms with Gasteiger partial charge in [0, 0.05) is 32.3 Å². The fourth-order valence-corrected chi connectivity index (χ4v) is 3.31. The number of aryl methyl sites for hydroxylation is 2. The van der Waals surface area contributed by atoms with E-state index in [0.29, 0.717) is 0 Å². The first-order chi connectivity index (χ1) is 13.1. The molecule has 0 spiro atoms. The second-order valence-corrected chi connectivity index (χ2v) is 9.00. The summed E-state index contributed by atoms with van der Waals surface area (Å²) in [5, 5.41) is 18.6. The Labute approximate surface area is 202 Å². The maximum Gasteiger partial charge on any atom is 0.188 e. The van der Waals surface area contributed by atoms with Crippen molar-refractivity contribution in [2.75, 3.05) is 20.5 Å². The van der Waals surface area contributed by atoms with Gasteiger partial charge in [0.2, 0.25) is 0 Å². The summed E-state index contributed by atoms with van der Waals surface area (Å²) >= 11 is 4.47. The van der Waals surface area contributed by atoms with Crippen LogP contribution in [0, 0.1) is 21.0 Å². The third-order valence-corrected chi connectivity index (χ3v) is 6.49. The molecule has 0 aromatic heterocycles. The summed E-state index contributed by atoms with van der Waals surface area (Å²) in [6.45, 7) is 12.2. The van der Waals surface area contributed by atoms with E-state index < -0.39 is 0 Å². The molecular weight excluding hydrogens is 594 g/mol. The first kappa shape index (κ1) is 28.2. The second kappa shape index (κ2) is 13.5. The van der Waals surface area contributed by atoms with Crippen LogP contribution < -0.4 is 4.74 Å². The Morgan fingerprint density at radius 2 is 1.66 bits per heavy atom. The molecule has 0 radical (unpaired) electrons. The highest BCUT2D eigenvalue weighted by Crippen LogP contribution is 2.30. The zero-order chi connectivity index (χ0) is 21.4. The molecular formula is C23H32I2O4. The van der Waals surface area contributed by atoms with Crippen LogP contribution in [-0.4, -0.2) is 30.7 Å². The van der Waals surface area contributed by atoms with Crippen LogP contribution in [0.1, 0.15) is 49.4 Å². The molecule has 162 valence electrons. The standard InChI is InChI=1S/C12H15IO2.C10H13IO2.CH4/c1-8(2)10-5-9(3)11(13)6-12(10)15-7-14-4;1-6-3-8(7(2)5-12)10(13)4-9(6)11;/h5-6H,1,7H2,2-4H3;3-4,7,12-13H,5H2,1-2H3;1H4. The van der Waals surface area contributed by atoms with Gasteiger partial charge in [-0.15, -0.1) is 0 Å². The molecule has 6 heteroatoms. The van der Waals surface area contributed by atoms with Gasteiger partial charge < -0.3 is 19.7 Å². The van der Waals surface area contributed by atoms with Crippen LogP contribution in [0.4, 0.5) is 0 Å². The predicted octanol–water partition coefficient (Wildman–Crippen LogP) is 6.65. The number of phenols is 1. The normalized spacial score (nSPS) is 11.0. The van der Waals surface area contributed by atoms with E-state index in [-0.39, 0.29) is 32.5 Å². The van der Waals surface area contributed by atoms with Gasteiger partial charge in [0.05, 0.1) is 0 Å². The maximum atomic E-state index is 9.60. The maximum absolute atomic E-state index is 9.60. The van der Waals surface area contributed by atoms with Crippen LogP contribution in [0.15, 0.2) is 30.8 Å². The monoisotopic (exact) mass is 626 g/mol. The molecule has 1 unspecified atom stereocenters. The lowest BCUT2D eigenvalue weighted by Crippen LogP contribution is -2.02. The van der Waals surface area contributed by atoms with Gasteiger partial charge in [0.1, 0.15) is 11.5 Å². The number of benzene rings is 2. The molecule has 0 aliphatic heterocycles. The zero-order valence-electron chi connectivity index (χ0n) is 17.0. The average molecular weight is 626 g/mol. The van der Waals surface area contributed by atoms with Crippen molar-refractivity contribution in [3.63, 3.8) is 0 Å². The Hall–Kier alpha value is -0.840. The molecule has 0 bridgehead atoms. The Bertz CT molecular complexity index is 819. The molecule has 2 rings (SSSR count). The van der Waals surface area contributed by atoms with Gasteiger partial charge in [-0.1, -0.05) is 27.0 Å². The molecule has 2 N–H and O–H groups in total. The molecule has 1 atom stereocenters.